The monoisotopic (exact) mass is 101 g/mol. The van der Waals surface area contributed by atoms with Crippen LogP contribution >= 0.6 is 0 Å². The molecule has 0 saturated heterocycles. The number of hydrogen-bond donors (Lipinski definition) is 0. The predicted octanol–water partition coefficient (Wildman–Crippen LogP) is 1.19. The van der Waals surface area contributed by atoms with Gasteiger partial charge in [0, 0.05) is 12.8 Å². The zero-order valence-corrected chi connectivity index (χ0v) is 4.10. The topological polar surface area (TPSA) is 12.4 Å². The Morgan fingerprint density at radius 1 is 1.57 bits per heavy atom. The molecule has 1 fully saturated rings. The van der Waals surface area contributed by atoms with Gasteiger partial charge in [-0.2, -0.15) is 0 Å². The molecule has 0 aromatic rings. The van der Waals surface area contributed by atoms with Crippen LogP contribution in [0.2, 0.25) is 0 Å². The van der Waals surface area contributed by atoms with Gasteiger partial charge in [-0.1, -0.05) is 0 Å². The van der Waals surface area contributed by atoms with Gasteiger partial charge in [-0.05, 0) is 6.72 Å². The smallest absolute Gasteiger partial charge is 0.104 e. The van der Waals surface area contributed by atoms with E-state index < -0.39 is 6.17 Å². The molecule has 2 heteroatoms. The molecule has 1 aliphatic carbocycles. The molecule has 0 unspecified atom stereocenters. The zero-order chi connectivity index (χ0) is 5.28. The molecule has 7 heavy (non-hydrogen) atoms. The van der Waals surface area contributed by atoms with E-state index in [1.54, 1.807) is 0 Å². The van der Waals surface area contributed by atoms with Crippen molar-refractivity contribution in [2.24, 2.45) is 4.99 Å². The molecular weight excluding hydrogens is 93.1 g/mol. The minimum Gasteiger partial charge on any atom is -0.297 e. The standard InChI is InChI=1S/C5H8FN/c1-7-5-2-4(6)3-5/h4-5H,1-3H2/t4-,5+. The van der Waals surface area contributed by atoms with Crippen LogP contribution in [0.15, 0.2) is 4.99 Å². The molecule has 0 atom stereocenters. The summed E-state index contributed by atoms with van der Waals surface area (Å²) in [4.78, 5) is 3.65. The quantitative estimate of drug-likeness (QED) is 0.440. The second-order valence-corrected chi connectivity index (χ2v) is 1.91. The van der Waals surface area contributed by atoms with E-state index in [1.807, 2.05) is 0 Å². The van der Waals surface area contributed by atoms with Gasteiger partial charge >= 0.3 is 0 Å². The van der Waals surface area contributed by atoms with Crippen LogP contribution in [-0.2, 0) is 0 Å². The van der Waals surface area contributed by atoms with E-state index in [-0.39, 0.29) is 6.04 Å². The fourth-order valence-corrected chi connectivity index (χ4v) is 0.670. The van der Waals surface area contributed by atoms with E-state index in [0.717, 1.165) is 0 Å². The normalized spacial score (nSPS) is 39.6. The molecule has 0 spiro atoms. The second kappa shape index (κ2) is 1.60. The summed E-state index contributed by atoms with van der Waals surface area (Å²) in [6, 6.07) is 0.231. The van der Waals surface area contributed by atoms with E-state index in [1.165, 1.54) is 0 Å². The van der Waals surface area contributed by atoms with Crippen molar-refractivity contribution >= 4 is 6.72 Å². The van der Waals surface area contributed by atoms with Crippen LogP contribution in [0.1, 0.15) is 12.8 Å². The minimum atomic E-state index is -0.588. The first-order chi connectivity index (χ1) is 3.33. The van der Waals surface area contributed by atoms with Crippen molar-refractivity contribution in [3.05, 3.63) is 0 Å². The average Bonchev–Trinajstić information content (AvgIpc) is 1.58. The molecule has 0 N–H and O–H groups in total. The summed E-state index contributed by atoms with van der Waals surface area (Å²) >= 11 is 0. The highest BCUT2D eigenvalue weighted by Crippen LogP contribution is 2.25. The Morgan fingerprint density at radius 3 is 2.29 bits per heavy atom. The molecule has 1 rings (SSSR count). The van der Waals surface area contributed by atoms with E-state index in [4.69, 9.17) is 0 Å². The molecular formula is C5H8FN. The Balaban J connectivity index is 2.17. The lowest BCUT2D eigenvalue weighted by atomic mass is 9.92. The fourth-order valence-electron chi connectivity index (χ4n) is 0.670. The van der Waals surface area contributed by atoms with E-state index in [0.29, 0.717) is 12.8 Å². The molecule has 1 aliphatic rings. The van der Waals surface area contributed by atoms with Crippen molar-refractivity contribution in [1.82, 2.24) is 0 Å². The van der Waals surface area contributed by atoms with Gasteiger partial charge < -0.3 is 0 Å². The predicted molar refractivity (Wildman–Crippen MR) is 27.5 cm³/mol. The summed E-state index contributed by atoms with van der Waals surface area (Å²) in [7, 11) is 0. The molecule has 0 aromatic heterocycles. The third-order valence-corrected chi connectivity index (χ3v) is 1.31. The number of hydrogen-bond acceptors (Lipinski definition) is 1. The van der Waals surface area contributed by atoms with E-state index in [2.05, 4.69) is 11.7 Å². The molecule has 1 saturated carbocycles. The average molecular weight is 101 g/mol. The lowest BCUT2D eigenvalue weighted by molar-refractivity contribution is 0.183. The van der Waals surface area contributed by atoms with Crippen LogP contribution in [0, 0.1) is 0 Å². The molecule has 1 nitrogen and oxygen atoms in total. The lowest BCUT2D eigenvalue weighted by Gasteiger charge is -2.24. The van der Waals surface area contributed by atoms with Crippen molar-refractivity contribution in [3.8, 4) is 0 Å². The SMILES string of the molecule is C=N[C@H]1C[C@@H](F)C1. The van der Waals surface area contributed by atoms with Gasteiger partial charge in [0.15, 0.2) is 0 Å². The Bertz CT molecular complexity index is 76.1. The highest BCUT2D eigenvalue weighted by atomic mass is 19.1. The third kappa shape index (κ3) is 0.787. The maximum atomic E-state index is 11.9. The van der Waals surface area contributed by atoms with Crippen LogP contribution in [0.3, 0.4) is 0 Å². The summed E-state index contributed by atoms with van der Waals surface area (Å²) in [5.74, 6) is 0. The third-order valence-electron chi connectivity index (χ3n) is 1.31. The van der Waals surface area contributed by atoms with Gasteiger partial charge in [0.1, 0.15) is 6.17 Å². The van der Waals surface area contributed by atoms with Gasteiger partial charge in [0.05, 0.1) is 6.04 Å². The Hall–Kier alpha value is -0.400. The molecule has 40 valence electrons. The van der Waals surface area contributed by atoms with E-state index in [9.17, 15) is 4.39 Å². The summed E-state index contributed by atoms with van der Waals surface area (Å²) in [5, 5.41) is 0. The fraction of sp³-hybridized carbons (Fsp3) is 0.800. The highest BCUT2D eigenvalue weighted by Gasteiger charge is 2.26. The Kier molecular flexibility index (Phi) is 1.09. The number of halogens is 1. The number of nitrogens with zero attached hydrogens (tertiary/aromatic N) is 1. The molecule has 0 aliphatic heterocycles. The van der Waals surface area contributed by atoms with Crippen molar-refractivity contribution in [1.29, 1.82) is 0 Å². The molecule has 0 radical (unpaired) electrons. The van der Waals surface area contributed by atoms with Gasteiger partial charge in [0.25, 0.3) is 0 Å². The molecule has 0 amide bonds. The van der Waals surface area contributed by atoms with Crippen LogP contribution in [0.5, 0.6) is 0 Å². The lowest BCUT2D eigenvalue weighted by Crippen LogP contribution is -2.27. The van der Waals surface area contributed by atoms with Crippen LogP contribution in [0.4, 0.5) is 4.39 Å². The highest BCUT2D eigenvalue weighted by molar-refractivity contribution is 5.24. The summed E-state index contributed by atoms with van der Waals surface area (Å²) in [6.45, 7) is 3.30. The molecule has 0 bridgehead atoms. The number of alkyl halides is 1. The Morgan fingerprint density at radius 2 is 2.14 bits per heavy atom. The first-order valence-corrected chi connectivity index (χ1v) is 2.43. The van der Waals surface area contributed by atoms with Gasteiger partial charge in [-0.15, -0.1) is 0 Å². The van der Waals surface area contributed by atoms with Crippen molar-refractivity contribution < 1.29 is 4.39 Å². The van der Waals surface area contributed by atoms with Crippen molar-refractivity contribution in [3.63, 3.8) is 0 Å². The van der Waals surface area contributed by atoms with Gasteiger partial charge in [0.2, 0.25) is 0 Å². The maximum Gasteiger partial charge on any atom is 0.104 e. The van der Waals surface area contributed by atoms with E-state index >= 15 is 0 Å². The van der Waals surface area contributed by atoms with Crippen LogP contribution in [0.25, 0.3) is 0 Å². The van der Waals surface area contributed by atoms with Crippen LogP contribution in [-0.4, -0.2) is 18.9 Å². The summed E-state index contributed by atoms with van der Waals surface area (Å²) < 4.78 is 11.9. The van der Waals surface area contributed by atoms with Crippen molar-refractivity contribution in [2.45, 2.75) is 25.1 Å². The minimum absolute atomic E-state index is 0.231. The summed E-state index contributed by atoms with van der Waals surface area (Å²) in [6.07, 6.45) is 0.614. The Labute approximate surface area is 42.3 Å². The van der Waals surface area contributed by atoms with Gasteiger partial charge in [-0.3, -0.25) is 4.99 Å². The molecule has 0 aromatic carbocycles. The van der Waals surface area contributed by atoms with Crippen molar-refractivity contribution in [2.75, 3.05) is 0 Å². The second-order valence-electron chi connectivity index (χ2n) is 1.91. The first-order valence-electron chi connectivity index (χ1n) is 2.43. The maximum absolute atomic E-state index is 11.9. The number of aliphatic imine (C=N–C) groups is 1. The largest absolute Gasteiger partial charge is 0.297 e. The molecule has 0 heterocycles. The zero-order valence-electron chi connectivity index (χ0n) is 4.10. The van der Waals surface area contributed by atoms with Gasteiger partial charge in [-0.25, -0.2) is 4.39 Å². The van der Waals surface area contributed by atoms with Crippen LogP contribution < -0.4 is 0 Å². The number of rotatable bonds is 1. The first kappa shape index (κ1) is 4.75. The summed E-state index contributed by atoms with van der Waals surface area (Å²) in [5.41, 5.74) is 0.